The molecule has 2 aromatic heterocycles. The van der Waals surface area contributed by atoms with Crippen molar-refractivity contribution in [1.29, 1.82) is 0 Å². The lowest BCUT2D eigenvalue weighted by Crippen LogP contribution is -2.02. The zero-order valence-electron chi connectivity index (χ0n) is 10.5. The molecule has 0 aliphatic carbocycles. The molecule has 2 heterocycles. The number of aromatic nitrogens is 4. The fourth-order valence-electron chi connectivity index (χ4n) is 1.35. The highest BCUT2D eigenvalue weighted by Crippen LogP contribution is 2.25. The van der Waals surface area contributed by atoms with E-state index in [9.17, 15) is 0 Å². The summed E-state index contributed by atoms with van der Waals surface area (Å²) >= 11 is 1.29. The van der Waals surface area contributed by atoms with Crippen molar-refractivity contribution in [3.8, 4) is 0 Å². The Bertz CT molecular complexity index is 540. The van der Waals surface area contributed by atoms with Crippen LogP contribution in [-0.4, -0.2) is 26.5 Å². The van der Waals surface area contributed by atoms with Gasteiger partial charge in [0.15, 0.2) is 5.16 Å². The molecule has 0 aliphatic rings. The van der Waals surface area contributed by atoms with Crippen LogP contribution in [0.4, 0.5) is 17.5 Å². The van der Waals surface area contributed by atoms with Crippen molar-refractivity contribution in [3.63, 3.8) is 0 Å². The molecule has 2 rings (SSSR count). The monoisotopic (exact) mass is 277 g/mol. The molecule has 0 amide bonds. The van der Waals surface area contributed by atoms with Crippen LogP contribution in [0.2, 0.25) is 0 Å². The van der Waals surface area contributed by atoms with Crippen LogP contribution in [0, 0.1) is 0 Å². The van der Waals surface area contributed by atoms with Gasteiger partial charge in [0.1, 0.15) is 28.8 Å². The molecular weight excluding hydrogens is 262 g/mol. The lowest BCUT2D eigenvalue weighted by atomic mass is 10.4. The Morgan fingerprint density at radius 3 is 2.58 bits per heavy atom. The van der Waals surface area contributed by atoms with Gasteiger partial charge >= 0.3 is 0 Å². The van der Waals surface area contributed by atoms with E-state index in [2.05, 4.69) is 32.2 Å². The van der Waals surface area contributed by atoms with E-state index in [4.69, 9.17) is 11.5 Å². The third-order valence-corrected chi connectivity index (χ3v) is 2.94. The predicted octanol–water partition coefficient (Wildman–Crippen LogP) is 1.40. The molecule has 0 aromatic carbocycles. The normalized spacial score (nSPS) is 10.4. The average Bonchev–Trinajstić information content (AvgIpc) is 2.35. The number of hydrogen-bond donors (Lipinski definition) is 3. The molecule has 7 nitrogen and oxygen atoms in total. The highest BCUT2D eigenvalue weighted by molar-refractivity contribution is 7.99. The quantitative estimate of drug-likeness (QED) is 0.555. The molecule has 100 valence electrons. The van der Waals surface area contributed by atoms with Gasteiger partial charge in [-0.3, -0.25) is 0 Å². The second kappa shape index (κ2) is 6.19. The van der Waals surface area contributed by atoms with Crippen molar-refractivity contribution < 1.29 is 0 Å². The van der Waals surface area contributed by atoms with Crippen LogP contribution in [0.1, 0.15) is 13.3 Å². The maximum absolute atomic E-state index is 5.62. The molecule has 0 radical (unpaired) electrons. The molecule has 0 bridgehead atoms. The summed E-state index contributed by atoms with van der Waals surface area (Å²) in [5, 5.41) is 4.39. The van der Waals surface area contributed by atoms with E-state index in [0.29, 0.717) is 16.8 Å². The summed E-state index contributed by atoms with van der Waals surface area (Å²) in [5.41, 5.74) is 11.2. The van der Waals surface area contributed by atoms with Crippen LogP contribution >= 0.6 is 11.8 Å². The first-order valence-electron chi connectivity index (χ1n) is 5.81. The van der Waals surface area contributed by atoms with E-state index >= 15 is 0 Å². The summed E-state index contributed by atoms with van der Waals surface area (Å²) in [6.07, 6.45) is 2.53. The Balaban J connectivity index is 2.13. The van der Waals surface area contributed by atoms with Crippen molar-refractivity contribution in [2.75, 3.05) is 23.3 Å². The minimum absolute atomic E-state index is 0.341. The zero-order chi connectivity index (χ0) is 13.7. The summed E-state index contributed by atoms with van der Waals surface area (Å²) in [6, 6.07) is 3.35. The highest BCUT2D eigenvalue weighted by Gasteiger charge is 2.05. The van der Waals surface area contributed by atoms with Gasteiger partial charge in [0.2, 0.25) is 0 Å². The Morgan fingerprint density at radius 2 is 1.89 bits per heavy atom. The molecule has 8 heteroatoms. The molecule has 0 atom stereocenters. The number of nitrogens with zero attached hydrogens (tertiary/aromatic N) is 4. The lowest BCUT2D eigenvalue weighted by Gasteiger charge is -2.05. The van der Waals surface area contributed by atoms with Gasteiger partial charge in [-0.15, -0.1) is 0 Å². The van der Waals surface area contributed by atoms with Crippen molar-refractivity contribution in [1.82, 2.24) is 19.9 Å². The van der Waals surface area contributed by atoms with Gasteiger partial charge in [-0.1, -0.05) is 6.92 Å². The second-order valence-electron chi connectivity index (χ2n) is 3.77. The topological polar surface area (TPSA) is 116 Å². The van der Waals surface area contributed by atoms with Crippen LogP contribution in [0.15, 0.2) is 28.6 Å². The van der Waals surface area contributed by atoms with Crippen molar-refractivity contribution in [2.24, 2.45) is 0 Å². The Hall–Kier alpha value is -2.09. The smallest absolute Gasteiger partial charge is 0.197 e. The maximum Gasteiger partial charge on any atom is 0.197 e. The average molecular weight is 277 g/mol. The van der Waals surface area contributed by atoms with Crippen molar-refractivity contribution >= 4 is 29.2 Å². The molecule has 0 saturated heterocycles. The van der Waals surface area contributed by atoms with E-state index in [1.165, 1.54) is 24.2 Å². The summed E-state index contributed by atoms with van der Waals surface area (Å²) < 4.78 is 0. The largest absolute Gasteiger partial charge is 0.383 e. The minimum atomic E-state index is 0.341. The minimum Gasteiger partial charge on any atom is -0.383 e. The zero-order valence-corrected chi connectivity index (χ0v) is 11.3. The fraction of sp³-hybridized carbons (Fsp3) is 0.273. The van der Waals surface area contributed by atoms with Gasteiger partial charge in [-0.2, -0.15) is 0 Å². The molecule has 0 fully saturated rings. The van der Waals surface area contributed by atoms with Gasteiger partial charge in [0, 0.05) is 18.7 Å². The number of rotatable bonds is 5. The SMILES string of the molecule is CCCNc1cc(Sc2nc(N)cc(N)n2)ncn1. The van der Waals surface area contributed by atoms with Gasteiger partial charge in [-0.05, 0) is 18.2 Å². The summed E-state index contributed by atoms with van der Waals surface area (Å²) in [4.78, 5) is 16.5. The van der Waals surface area contributed by atoms with Gasteiger partial charge in [0.05, 0.1) is 0 Å². The van der Waals surface area contributed by atoms with Crippen LogP contribution in [0.25, 0.3) is 0 Å². The molecule has 5 N–H and O–H groups in total. The summed E-state index contributed by atoms with van der Waals surface area (Å²) in [7, 11) is 0. The number of hydrogen-bond acceptors (Lipinski definition) is 8. The van der Waals surface area contributed by atoms with E-state index in [0.717, 1.165) is 23.8 Å². The summed E-state index contributed by atoms with van der Waals surface area (Å²) in [5.74, 6) is 1.46. The van der Waals surface area contributed by atoms with Gasteiger partial charge in [0.25, 0.3) is 0 Å². The summed E-state index contributed by atoms with van der Waals surface area (Å²) in [6.45, 7) is 2.95. The van der Waals surface area contributed by atoms with E-state index < -0.39 is 0 Å². The van der Waals surface area contributed by atoms with E-state index in [-0.39, 0.29) is 0 Å². The van der Waals surface area contributed by atoms with Crippen LogP contribution in [0.3, 0.4) is 0 Å². The molecule has 19 heavy (non-hydrogen) atoms. The first-order chi connectivity index (χ1) is 9.17. The number of nitrogens with one attached hydrogen (secondary N) is 1. The third-order valence-electron chi connectivity index (χ3n) is 2.14. The standard InChI is InChI=1S/C11H15N7S/c1-2-3-14-9-5-10(16-6-15-9)19-11-17-7(12)4-8(13)18-11/h4-6H,2-3H2,1H3,(H,14,15,16)(H4,12,13,17,18). The van der Waals surface area contributed by atoms with Crippen molar-refractivity contribution in [2.45, 2.75) is 23.5 Å². The van der Waals surface area contributed by atoms with Crippen LogP contribution in [0.5, 0.6) is 0 Å². The van der Waals surface area contributed by atoms with Crippen LogP contribution in [-0.2, 0) is 0 Å². The lowest BCUT2D eigenvalue weighted by molar-refractivity contribution is 0.946. The Labute approximate surface area is 115 Å². The second-order valence-corrected chi connectivity index (χ2v) is 4.76. The van der Waals surface area contributed by atoms with Gasteiger partial charge in [-0.25, -0.2) is 19.9 Å². The molecule has 0 aliphatic heterocycles. The van der Waals surface area contributed by atoms with E-state index in [1.807, 2.05) is 6.07 Å². The molecule has 2 aromatic rings. The number of nitrogens with two attached hydrogens (primary N) is 2. The molecular formula is C11H15N7S. The predicted molar refractivity (Wildman–Crippen MR) is 75.8 cm³/mol. The molecule has 0 spiro atoms. The van der Waals surface area contributed by atoms with Crippen LogP contribution < -0.4 is 16.8 Å². The highest BCUT2D eigenvalue weighted by atomic mass is 32.2. The number of nitrogen functional groups attached to an aromatic ring is 2. The fourth-order valence-corrected chi connectivity index (χ4v) is 2.11. The molecule has 0 unspecified atom stereocenters. The van der Waals surface area contributed by atoms with Gasteiger partial charge < -0.3 is 16.8 Å². The third kappa shape index (κ3) is 3.95. The number of anilines is 3. The van der Waals surface area contributed by atoms with E-state index in [1.54, 1.807) is 0 Å². The van der Waals surface area contributed by atoms with Crippen molar-refractivity contribution in [3.05, 3.63) is 18.5 Å². The first-order valence-corrected chi connectivity index (χ1v) is 6.63. The Morgan fingerprint density at radius 1 is 1.16 bits per heavy atom. The molecule has 0 saturated carbocycles. The maximum atomic E-state index is 5.62. The Kier molecular flexibility index (Phi) is 4.35. The first kappa shape index (κ1) is 13.3.